The van der Waals surface area contributed by atoms with Crippen LogP contribution in [0.1, 0.15) is 31.4 Å². The summed E-state index contributed by atoms with van der Waals surface area (Å²) in [5.41, 5.74) is 0.816. The number of aromatic nitrogens is 1. The molecule has 6 rings (SSSR count). The number of fused-ring (bicyclic) bond motifs is 1. The number of furan rings is 2. The summed E-state index contributed by atoms with van der Waals surface area (Å²) in [7, 11) is 0. The molecule has 0 unspecified atom stereocenters. The molecule has 0 spiro atoms. The highest BCUT2D eigenvalue weighted by Gasteiger charge is 2.35. The fraction of sp³-hybridized carbons (Fsp3) is 0.129. The average molecular weight is 685 g/mol. The second-order valence-corrected chi connectivity index (χ2v) is 12.0. The van der Waals surface area contributed by atoms with Gasteiger partial charge in [0, 0.05) is 29.3 Å². The van der Waals surface area contributed by atoms with Crippen molar-refractivity contribution in [2.24, 2.45) is 4.99 Å². The highest BCUT2D eigenvalue weighted by Crippen LogP contribution is 2.37. The van der Waals surface area contributed by atoms with Gasteiger partial charge in [-0.1, -0.05) is 46.1 Å². The second-order valence-electron chi connectivity index (χ2n) is 9.76. The third-order valence-corrected chi connectivity index (χ3v) is 9.00. The van der Waals surface area contributed by atoms with E-state index < -0.39 is 22.5 Å². The van der Waals surface area contributed by atoms with Crippen LogP contribution in [-0.4, -0.2) is 22.1 Å². The van der Waals surface area contributed by atoms with Gasteiger partial charge in [0.25, 0.3) is 11.2 Å². The highest BCUT2D eigenvalue weighted by molar-refractivity contribution is 7.07. The molecule has 5 aromatic rings. The predicted octanol–water partition coefficient (Wildman–Crippen LogP) is 7.19. The number of nitrogens with zero attached hydrogens (tertiary/aromatic N) is 3. The van der Waals surface area contributed by atoms with Gasteiger partial charge in [0.1, 0.15) is 29.1 Å². The van der Waals surface area contributed by atoms with E-state index in [0.29, 0.717) is 42.2 Å². The van der Waals surface area contributed by atoms with E-state index in [9.17, 15) is 19.7 Å². The van der Waals surface area contributed by atoms with Crippen molar-refractivity contribution >= 4 is 63.9 Å². The molecule has 2 aromatic carbocycles. The zero-order chi connectivity index (χ0) is 32.0. The van der Waals surface area contributed by atoms with Gasteiger partial charge in [-0.25, -0.2) is 9.79 Å². The van der Waals surface area contributed by atoms with E-state index >= 15 is 0 Å². The van der Waals surface area contributed by atoms with Crippen molar-refractivity contribution in [3.05, 3.63) is 128 Å². The molecule has 228 valence electrons. The van der Waals surface area contributed by atoms with Crippen molar-refractivity contribution in [2.45, 2.75) is 19.9 Å². The number of thiazole rings is 1. The number of non-ortho nitro benzene ring substituents is 1. The number of carbonyl (C=O) groups excluding carboxylic acids is 1. The Hall–Kier alpha value is -4.42. The standard InChI is InChI=1S/C31H20Cl3N3O7S/c1-3-42-30(39)27-15(2)35-31-36(28(27)25-11-10-24(44-25)19-13-17(37(40)41)5-8-20(19)32)29(38)26(45-31)14-18-6-9-23(43-18)16-4-7-21(33)22(34)12-16/h4-14,28H,3H2,1-2H3/b26-14-/t28-/m0/s1. The van der Waals surface area contributed by atoms with Crippen LogP contribution in [0.5, 0.6) is 0 Å². The maximum Gasteiger partial charge on any atom is 0.338 e. The van der Waals surface area contributed by atoms with Gasteiger partial charge in [0.15, 0.2) is 4.80 Å². The Bertz CT molecular complexity index is 2230. The van der Waals surface area contributed by atoms with Crippen LogP contribution in [0.3, 0.4) is 0 Å². The number of nitro benzene ring substituents is 1. The Morgan fingerprint density at radius 2 is 1.80 bits per heavy atom. The van der Waals surface area contributed by atoms with Crippen LogP contribution in [0.25, 0.3) is 28.7 Å². The van der Waals surface area contributed by atoms with E-state index in [2.05, 4.69) is 4.99 Å². The quantitative estimate of drug-likeness (QED) is 0.101. The molecule has 0 radical (unpaired) electrons. The number of hydrogen-bond donors (Lipinski definition) is 0. The molecule has 1 atom stereocenters. The number of ether oxygens (including phenoxy) is 1. The van der Waals surface area contributed by atoms with Crippen molar-refractivity contribution in [3.8, 4) is 22.6 Å². The first-order valence-corrected chi connectivity index (χ1v) is 15.3. The first kappa shape index (κ1) is 30.6. The topological polar surface area (TPSA) is 130 Å². The summed E-state index contributed by atoms with van der Waals surface area (Å²) in [6.07, 6.45) is 1.59. The van der Waals surface area contributed by atoms with Crippen molar-refractivity contribution in [1.29, 1.82) is 0 Å². The highest BCUT2D eigenvalue weighted by atomic mass is 35.5. The molecule has 0 N–H and O–H groups in total. The summed E-state index contributed by atoms with van der Waals surface area (Å²) in [6.45, 7) is 3.41. The minimum atomic E-state index is -1.04. The predicted molar refractivity (Wildman–Crippen MR) is 170 cm³/mol. The smallest absolute Gasteiger partial charge is 0.338 e. The van der Waals surface area contributed by atoms with E-state index in [-0.39, 0.29) is 40.0 Å². The molecule has 14 heteroatoms. The Morgan fingerprint density at radius 3 is 2.53 bits per heavy atom. The first-order valence-electron chi connectivity index (χ1n) is 13.3. The minimum absolute atomic E-state index is 0.0963. The molecule has 1 aliphatic heterocycles. The SMILES string of the molecule is CCOC(=O)C1=C(C)N=c2s/c(=C\c3ccc(-c4ccc(Cl)c(Cl)c4)o3)c(=O)n2[C@H]1c1ccc(-c2cc([N+](=O)[O-])ccc2Cl)o1. The van der Waals surface area contributed by atoms with Crippen LogP contribution in [0.15, 0.2) is 90.6 Å². The van der Waals surface area contributed by atoms with Gasteiger partial charge in [-0.3, -0.25) is 19.5 Å². The van der Waals surface area contributed by atoms with Gasteiger partial charge >= 0.3 is 5.97 Å². The van der Waals surface area contributed by atoms with Crippen molar-refractivity contribution in [1.82, 2.24) is 4.57 Å². The molecule has 1 aliphatic rings. The molecule has 0 aliphatic carbocycles. The van der Waals surface area contributed by atoms with E-state index in [4.69, 9.17) is 48.4 Å². The Morgan fingerprint density at radius 1 is 1.04 bits per heavy atom. The lowest BCUT2D eigenvalue weighted by Crippen LogP contribution is -2.39. The zero-order valence-corrected chi connectivity index (χ0v) is 26.5. The zero-order valence-electron chi connectivity index (χ0n) is 23.4. The van der Waals surface area contributed by atoms with Gasteiger partial charge in [-0.05, 0) is 62.4 Å². The lowest BCUT2D eigenvalue weighted by atomic mass is 10.0. The molecule has 0 saturated carbocycles. The van der Waals surface area contributed by atoms with Crippen LogP contribution in [-0.2, 0) is 9.53 Å². The van der Waals surface area contributed by atoms with Gasteiger partial charge in [-0.2, -0.15) is 0 Å². The Kier molecular flexibility index (Phi) is 8.27. The van der Waals surface area contributed by atoms with Crippen LogP contribution >= 0.6 is 46.1 Å². The van der Waals surface area contributed by atoms with Crippen LogP contribution in [0.2, 0.25) is 15.1 Å². The van der Waals surface area contributed by atoms with Gasteiger partial charge in [0.2, 0.25) is 0 Å². The number of halogens is 3. The van der Waals surface area contributed by atoms with Gasteiger partial charge in [0.05, 0.1) is 42.4 Å². The van der Waals surface area contributed by atoms with Crippen LogP contribution < -0.4 is 14.9 Å². The van der Waals surface area contributed by atoms with E-state index in [0.717, 1.165) is 11.3 Å². The molecular formula is C31H20Cl3N3O7S. The first-order chi connectivity index (χ1) is 21.5. The lowest BCUT2D eigenvalue weighted by Gasteiger charge is -2.22. The molecule has 45 heavy (non-hydrogen) atoms. The number of nitro groups is 1. The third kappa shape index (κ3) is 5.75. The minimum Gasteiger partial charge on any atom is -0.463 e. The number of carbonyl (C=O) groups is 1. The van der Waals surface area contributed by atoms with E-state index in [1.807, 2.05) is 0 Å². The van der Waals surface area contributed by atoms with Crippen molar-refractivity contribution in [2.75, 3.05) is 6.61 Å². The summed E-state index contributed by atoms with van der Waals surface area (Å²) in [6, 6.07) is 14.7. The van der Waals surface area contributed by atoms with Crippen LogP contribution in [0.4, 0.5) is 5.69 Å². The summed E-state index contributed by atoms with van der Waals surface area (Å²) in [4.78, 5) is 42.9. The molecule has 3 aromatic heterocycles. The number of allylic oxidation sites excluding steroid dienone is 1. The average Bonchev–Trinajstić information content (AvgIpc) is 3.74. The van der Waals surface area contributed by atoms with E-state index in [1.54, 1.807) is 62.4 Å². The fourth-order valence-corrected chi connectivity index (χ4v) is 6.42. The molecule has 10 nitrogen and oxygen atoms in total. The summed E-state index contributed by atoms with van der Waals surface area (Å²) in [5, 5.41) is 12.4. The molecule has 0 fully saturated rings. The second kappa shape index (κ2) is 12.2. The van der Waals surface area contributed by atoms with Crippen LogP contribution in [0, 0.1) is 10.1 Å². The van der Waals surface area contributed by atoms with Crippen molar-refractivity contribution in [3.63, 3.8) is 0 Å². The molecule has 0 amide bonds. The molecule has 0 saturated heterocycles. The molecular weight excluding hydrogens is 665 g/mol. The molecule has 4 heterocycles. The fourth-order valence-electron chi connectivity index (χ4n) is 4.89. The molecule has 0 bridgehead atoms. The Labute approximate surface area is 273 Å². The normalized spacial score (nSPS) is 14.8. The van der Waals surface area contributed by atoms with Crippen molar-refractivity contribution < 1.29 is 23.3 Å². The summed E-state index contributed by atoms with van der Waals surface area (Å²) >= 11 is 19.7. The number of rotatable bonds is 7. The summed E-state index contributed by atoms with van der Waals surface area (Å²) in [5.74, 6) is 0.678. The number of esters is 1. The summed E-state index contributed by atoms with van der Waals surface area (Å²) < 4.78 is 19.1. The number of hydrogen-bond acceptors (Lipinski definition) is 9. The lowest BCUT2D eigenvalue weighted by molar-refractivity contribution is -0.384. The maximum absolute atomic E-state index is 13.9. The Balaban J connectivity index is 1.46. The van der Waals surface area contributed by atoms with Gasteiger partial charge < -0.3 is 13.6 Å². The number of benzene rings is 2. The largest absolute Gasteiger partial charge is 0.463 e. The van der Waals surface area contributed by atoms with E-state index in [1.165, 1.54) is 22.8 Å². The third-order valence-electron chi connectivity index (χ3n) is 6.94. The van der Waals surface area contributed by atoms with Gasteiger partial charge in [-0.15, -0.1) is 0 Å². The monoisotopic (exact) mass is 683 g/mol. The maximum atomic E-state index is 13.9.